The largest absolute Gasteiger partial charge is 0.542 e. The van der Waals surface area contributed by atoms with E-state index >= 15 is 0 Å². The van der Waals surface area contributed by atoms with E-state index in [0.29, 0.717) is 0 Å². The maximum absolute atomic E-state index is 12.9. The number of rotatable bonds is 4. The molecule has 21 heavy (non-hydrogen) atoms. The molecule has 0 unspecified atom stereocenters. The first kappa shape index (κ1) is 16.6. The molecule has 1 aromatic rings. The number of carboxylic acids is 1. The number of amides is 1. The monoisotopic (exact) mass is 323 g/mol. The smallest absolute Gasteiger partial charge is 0.460 e. The molecule has 0 radical (unpaired) electrons. The Balaban J connectivity index is 2.98. The van der Waals surface area contributed by atoms with Gasteiger partial charge >= 0.3 is 23.9 Å². The van der Waals surface area contributed by atoms with Crippen molar-refractivity contribution >= 4 is 17.8 Å². The third-order valence-electron chi connectivity index (χ3n) is 1.94. The summed E-state index contributed by atoms with van der Waals surface area (Å²) in [5.41, 5.74) is 0. The minimum absolute atomic E-state index is 0.822. The maximum Gasteiger partial charge on any atom is 0.460 e. The lowest BCUT2D eigenvalue weighted by Gasteiger charge is -2.26. The van der Waals surface area contributed by atoms with Crippen LogP contribution in [0.1, 0.15) is 10.6 Å². The van der Waals surface area contributed by atoms with Gasteiger partial charge in [0.2, 0.25) is 5.95 Å². The van der Waals surface area contributed by atoms with E-state index in [2.05, 4.69) is 10.1 Å². The summed E-state index contributed by atoms with van der Waals surface area (Å²) in [4.78, 5) is 23.8. The van der Waals surface area contributed by atoms with Gasteiger partial charge in [-0.05, 0) is 0 Å². The standard InChI is InChI=1S/C7H3F7N4O3/c8-5(9,6(10,11)7(12,13)14)3(21)16-4-15-1(2(19)20)17-18-4/h(H,19,20)(H2,15,16,17,18,21)/p-1. The number of carbonyl (C=O) groups is 2. The fourth-order valence-electron chi connectivity index (χ4n) is 0.910. The molecule has 14 heteroatoms. The third kappa shape index (κ3) is 2.87. The zero-order valence-electron chi connectivity index (χ0n) is 9.26. The number of alkyl halides is 7. The van der Waals surface area contributed by atoms with Crippen LogP contribution in [-0.4, -0.2) is 45.1 Å². The van der Waals surface area contributed by atoms with Crippen molar-refractivity contribution in [3.05, 3.63) is 5.82 Å². The average Bonchev–Trinajstić information content (AvgIpc) is 2.75. The van der Waals surface area contributed by atoms with Crippen molar-refractivity contribution < 1.29 is 45.4 Å². The van der Waals surface area contributed by atoms with Crippen molar-refractivity contribution in [2.24, 2.45) is 0 Å². The highest BCUT2D eigenvalue weighted by Crippen LogP contribution is 2.46. The quantitative estimate of drug-likeness (QED) is 0.754. The van der Waals surface area contributed by atoms with Gasteiger partial charge in [-0.15, -0.1) is 5.10 Å². The fraction of sp³-hybridized carbons (Fsp3) is 0.429. The van der Waals surface area contributed by atoms with Gasteiger partial charge in [0, 0.05) is 0 Å². The minimum atomic E-state index is -6.69. The van der Waals surface area contributed by atoms with Crippen LogP contribution >= 0.6 is 0 Å². The van der Waals surface area contributed by atoms with Crippen LogP contribution in [0.5, 0.6) is 0 Å². The van der Waals surface area contributed by atoms with Crippen molar-refractivity contribution in [3.63, 3.8) is 0 Å². The van der Waals surface area contributed by atoms with Gasteiger partial charge in [-0.1, -0.05) is 0 Å². The van der Waals surface area contributed by atoms with E-state index in [1.54, 1.807) is 0 Å². The zero-order chi connectivity index (χ0) is 16.6. The van der Waals surface area contributed by atoms with Crippen LogP contribution in [0.4, 0.5) is 36.7 Å². The number of aromatic carboxylic acids is 1. The summed E-state index contributed by atoms with van der Waals surface area (Å²) in [6.45, 7) is 0. The van der Waals surface area contributed by atoms with Crippen molar-refractivity contribution in [2.75, 3.05) is 5.32 Å². The number of hydrogen-bond acceptors (Lipinski definition) is 5. The second-order valence-electron chi connectivity index (χ2n) is 3.40. The molecule has 0 aliphatic rings. The molecule has 0 aliphatic heterocycles. The molecular formula is C7H2F7N4O3-. The Bertz CT molecular complexity index is 567. The maximum atomic E-state index is 12.9. The number of hydrogen-bond donors (Lipinski definition) is 2. The number of aromatic amines is 1. The number of nitrogens with one attached hydrogen (secondary N) is 2. The van der Waals surface area contributed by atoms with Crippen molar-refractivity contribution in [2.45, 2.75) is 18.0 Å². The Hall–Kier alpha value is -2.41. The summed E-state index contributed by atoms with van der Waals surface area (Å²) in [6, 6.07) is 0. The lowest BCUT2D eigenvalue weighted by molar-refractivity contribution is -0.343. The Kier molecular flexibility index (Phi) is 3.84. The van der Waals surface area contributed by atoms with Gasteiger partial charge in [-0.25, -0.2) is 0 Å². The van der Waals surface area contributed by atoms with Crippen molar-refractivity contribution in [3.8, 4) is 0 Å². The second-order valence-corrected chi connectivity index (χ2v) is 3.40. The summed E-state index contributed by atoms with van der Waals surface area (Å²) in [6.07, 6.45) is -6.69. The number of aromatic nitrogens is 3. The van der Waals surface area contributed by atoms with Crippen LogP contribution < -0.4 is 10.4 Å². The van der Waals surface area contributed by atoms with Gasteiger partial charge in [0.05, 0.1) is 0 Å². The number of carboxylic acid groups (broad SMARTS) is 1. The van der Waals surface area contributed by atoms with Crippen LogP contribution in [0.25, 0.3) is 0 Å². The summed E-state index contributed by atoms with van der Waals surface area (Å²) < 4.78 is 86.2. The molecule has 0 atom stereocenters. The molecule has 7 nitrogen and oxygen atoms in total. The molecule has 118 valence electrons. The predicted octanol–water partition coefficient (Wildman–Crippen LogP) is -0.0604. The molecule has 2 N–H and O–H groups in total. The Morgan fingerprint density at radius 1 is 1.10 bits per heavy atom. The Morgan fingerprint density at radius 3 is 2.00 bits per heavy atom. The van der Waals surface area contributed by atoms with Gasteiger partial charge in [-0.2, -0.15) is 35.7 Å². The first-order chi connectivity index (χ1) is 9.30. The predicted molar refractivity (Wildman–Crippen MR) is 45.3 cm³/mol. The topological polar surface area (TPSA) is 111 Å². The van der Waals surface area contributed by atoms with Crippen LogP contribution in [0.15, 0.2) is 0 Å². The van der Waals surface area contributed by atoms with E-state index < -0.39 is 41.7 Å². The van der Waals surface area contributed by atoms with Gasteiger partial charge in [0.25, 0.3) is 0 Å². The Morgan fingerprint density at radius 2 is 1.62 bits per heavy atom. The van der Waals surface area contributed by atoms with Gasteiger partial charge in [0.15, 0.2) is 5.82 Å². The molecule has 0 spiro atoms. The van der Waals surface area contributed by atoms with E-state index in [1.165, 1.54) is 5.10 Å². The number of carbonyl (C=O) groups excluding carboxylic acids is 2. The van der Waals surface area contributed by atoms with E-state index in [9.17, 15) is 45.4 Å². The molecule has 0 saturated carbocycles. The normalized spacial score (nSPS) is 13.1. The summed E-state index contributed by atoms with van der Waals surface area (Å²) in [7, 11) is 0. The first-order valence-electron chi connectivity index (χ1n) is 4.58. The average molecular weight is 323 g/mol. The molecule has 0 fully saturated rings. The van der Waals surface area contributed by atoms with E-state index in [1.807, 2.05) is 0 Å². The molecule has 0 aliphatic carbocycles. The molecule has 0 saturated heterocycles. The molecule has 0 aromatic carbocycles. The van der Waals surface area contributed by atoms with Gasteiger partial charge in [-0.3, -0.25) is 15.2 Å². The highest BCUT2D eigenvalue weighted by atomic mass is 19.4. The SMILES string of the molecule is O=C([O-])c1nc(NC(=O)C(F)(F)C(F)(F)C(F)(F)F)n[nH]1. The number of H-pyrrole nitrogens is 1. The minimum Gasteiger partial charge on any atom is -0.542 e. The van der Waals surface area contributed by atoms with Crippen LogP contribution in [0, 0.1) is 0 Å². The lowest BCUT2D eigenvalue weighted by atomic mass is 10.1. The summed E-state index contributed by atoms with van der Waals surface area (Å²) in [5.74, 6) is -20.2. The van der Waals surface area contributed by atoms with Crippen molar-refractivity contribution in [1.82, 2.24) is 15.2 Å². The Labute approximate surface area is 109 Å². The fourth-order valence-corrected chi connectivity index (χ4v) is 0.910. The highest BCUT2D eigenvalue weighted by molar-refractivity contribution is 5.96. The second kappa shape index (κ2) is 4.85. The van der Waals surface area contributed by atoms with Crippen molar-refractivity contribution in [1.29, 1.82) is 0 Å². The lowest BCUT2D eigenvalue weighted by Crippen LogP contribution is -2.57. The van der Waals surface area contributed by atoms with E-state index in [4.69, 9.17) is 0 Å². The van der Waals surface area contributed by atoms with E-state index in [-0.39, 0.29) is 0 Å². The number of halogens is 7. The van der Waals surface area contributed by atoms with E-state index in [0.717, 1.165) is 5.32 Å². The van der Waals surface area contributed by atoms with Crippen LogP contribution in [-0.2, 0) is 4.79 Å². The van der Waals surface area contributed by atoms with Gasteiger partial charge < -0.3 is 9.90 Å². The van der Waals surface area contributed by atoms with Gasteiger partial charge in [0.1, 0.15) is 5.97 Å². The molecule has 0 bridgehead atoms. The molecule has 1 rings (SSSR count). The molecule has 1 aromatic heterocycles. The summed E-state index contributed by atoms with van der Waals surface area (Å²) >= 11 is 0. The molecule has 1 heterocycles. The third-order valence-corrected chi connectivity index (χ3v) is 1.94. The first-order valence-corrected chi connectivity index (χ1v) is 4.58. The van der Waals surface area contributed by atoms with Crippen LogP contribution in [0.2, 0.25) is 0 Å². The molecular weight excluding hydrogens is 321 g/mol. The number of nitrogens with zero attached hydrogens (tertiary/aromatic N) is 2. The highest BCUT2D eigenvalue weighted by Gasteiger charge is 2.76. The number of anilines is 1. The summed E-state index contributed by atoms with van der Waals surface area (Å²) in [5, 5.41) is 15.4. The molecule has 1 amide bonds. The van der Waals surface area contributed by atoms with Crippen LogP contribution in [0.3, 0.4) is 0 Å². The zero-order valence-corrected chi connectivity index (χ0v) is 9.26.